The molecule has 0 radical (unpaired) electrons. The lowest BCUT2D eigenvalue weighted by atomic mass is 10.1. The van der Waals surface area contributed by atoms with Gasteiger partial charge in [0.1, 0.15) is 17.6 Å². The second kappa shape index (κ2) is 6.10. The Morgan fingerprint density at radius 2 is 2.32 bits per heavy atom. The van der Waals surface area contributed by atoms with Crippen LogP contribution in [0, 0.1) is 10.1 Å². The lowest BCUT2D eigenvalue weighted by Gasteiger charge is -2.24. The summed E-state index contributed by atoms with van der Waals surface area (Å²) >= 11 is 0. The number of carbonyl (C=O) groups is 1. The van der Waals surface area contributed by atoms with Crippen LogP contribution in [-0.2, 0) is 4.74 Å². The van der Waals surface area contributed by atoms with Gasteiger partial charge < -0.3 is 15.4 Å². The topological polar surface area (TPSA) is 112 Å². The minimum Gasteiger partial charge on any atom is -0.384 e. The summed E-state index contributed by atoms with van der Waals surface area (Å²) in [7, 11) is 3.06. The molecule has 1 atom stereocenters. The van der Waals surface area contributed by atoms with E-state index in [2.05, 4.69) is 4.98 Å². The van der Waals surface area contributed by atoms with Crippen LogP contribution in [0.5, 0.6) is 0 Å². The number of carbonyl (C=O) groups excluding carboxylic acids is 1. The average molecular weight is 268 g/mol. The standard InChI is InChI=1S/C11H16N4O4/c1-7(6-19-3)14(2)11(16)8-4-10(12)13-5-9(8)15(17)18/h4-5,7H,6H2,1-3H3,(H2,12,13). The number of amides is 1. The van der Waals surface area contributed by atoms with E-state index in [4.69, 9.17) is 10.5 Å². The molecule has 2 N–H and O–H groups in total. The molecule has 1 unspecified atom stereocenters. The molecule has 0 saturated heterocycles. The normalized spacial score (nSPS) is 11.9. The van der Waals surface area contributed by atoms with E-state index < -0.39 is 10.8 Å². The quantitative estimate of drug-likeness (QED) is 0.620. The van der Waals surface area contributed by atoms with Crippen molar-refractivity contribution >= 4 is 17.4 Å². The maximum absolute atomic E-state index is 12.2. The number of pyridine rings is 1. The smallest absolute Gasteiger partial charge is 0.300 e. The molecular weight excluding hydrogens is 252 g/mol. The van der Waals surface area contributed by atoms with Crippen molar-refractivity contribution < 1.29 is 14.5 Å². The molecule has 0 aromatic carbocycles. The number of nitrogens with zero attached hydrogens (tertiary/aromatic N) is 3. The molecule has 1 aromatic rings. The molecule has 1 aromatic heterocycles. The number of methoxy groups -OCH3 is 1. The number of nitrogens with two attached hydrogens (primary N) is 1. The van der Waals surface area contributed by atoms with E-state index in [-0.39, 0.29) is 23.1 Å². The van der Waals surface area contributed by atoms with Crippen molar-refractivity contribution in [2.45, 2.75) is 13.0 Å². The van der Waals surface area contributed by atoms with Crippen molar-refractivity contribution in [1.82, 2.24) is 9.88 Å². The molecule has 0 fully saturated rings. The van der Waals surface area contributed by atoms with Gasteiger partial charge in [-0.3, -0.25) is 14.9 Å². The van der Waals surface area contributed by atoms with Crippen LogP contribution < -0.4 is 5.73 Å². The number of likely N-dealkylation sites (N-methyl/N-ethyl adjacent to an activating group) is 1. The zero-order valence-electron chi connectivity index (χ0n) is 11.0. The Kier molecular flexibility index (Phi) is 4.76. The van der Waals surface area contributed by atoms with Gasteiger partial charge in [-0.25, -0.2) is 4.98 Å². The summed E-state index contributed by atoms with van der Waals surface area (Å²) in [6.07, 6.45) is 0.984. The molecule has 0 aliphatic heterocycles. The Labute approximate surface area is 110 Å². The molecular formula is C11H16N4O4. The molecule has 1 rings (SSSR count). The van der Waals surface area contributed by atoms with E-state index in [1.54, 1.807) is 14.0 Å². The van der Waals surface area contributed by atoms with E-state index in [1.807, 2.05) is 0 Å². The highest BCUT2D eigenvalue weighted by molar-refractivity contribution is 5.98. The third kappa shape index (κ3) is 3.38. The van der Waals surface area contributed by atoms with E-state index in [0.717, 1.165) is 6.20 Å². The highest BCUT2D eigenvalue weighted by Crippen LogP contribution is 2.21. The monoisotopic (exact) mass is 268 g/mol. The van der Waals surface area contributed by atoms with Crippen LogP contribution in [0.3, 0.4) is 0 Å². The van der Waals surface area contributed by atoms with Crippen LogP contribution in [0.1, 0.15) is 17.3 Å². The Morgan fingerprint density at radius 3 is 2.84 bits per heavy atom. The number of ether oxygens (including phenoxy) is 1. The van der Waals surface area contributed by atoms with Crippen molar-refractivity contribution in [3.63, 3.8) is 0 Å². The molecule has 8 nitrogen and oxygen atoms in total. The van der Waals surface area contributed by atoms with Crippen LogP contribution in [0.2, 0.25) is 0 Å². The van der Waals surface area contributed by atoms with Gasteiger partial charge in [0.2, 0.25) is 0 Å². The van der Waals surface area contributed by atoms with Gasteiger partial charge in [0, 0.05) is 14.2 Å². The molecule has 0 saturated carbocycles. The molecule has 1 heterocycles. The fourth-order valence-corrected chi connectivity index (χ4v) is 1.52. The van der Waals surface area contributed by atoms with E-state index >= 15 is 0 Å². The van der Waals surface area contributed by atoms with Crippen LogP contribution >= 0.6 is 0 Å². The lowest BCUT2D eigenvalue weighted by molar-refractivity contribution is -0.385. The molecule has 0 bridgehead atoms. The molecule has 8 heteroatoms. The largest absolute Gasteiger partial charge is 0.384 e. The summed E-state index contributed by atoms with van der Waals surface area (Å²) in [5, 5.41) is 10.9. The Hall–Kier alpha value is -2.22. The van der Waals surface area contributed by atoms with Crippen molar-refractivity contribution in [3.8, 4) is 0 Å². The van der Waals surface area contributed by atoms with Gasteiger partial charge in [0.25, 0.3) is 11.6 Å². The Bertz CT molecular complexity index is 492. The van der Waals surface area contributed by atoms with Crippen LogP contribution in [-0.4, -0.2) is 47.5 Å². The highest BCUT2D eigenvalue weighted by atomic mass is 16.6. The number of aromatic nitrogens is 1. The van der Waals surface area contributed by atoms with Crippen molar-refractivity contribution in [2.24, 2.45) is 0 Å². The fraction of sp³-hybridized carbons (Fsp3) is 0.455. The number of nitro groups is 1. The second-order valence-electron chi connectivity index (χ2n) is 4.10. The van der Waals surface area contributed by atoms with E-state index in [9.17, 15) is 14.9 Å². The van der Waals surface area contributed by atoms with E-state index in [1.165, 1.54) is 18.1 Å². The first-order valence-corrected chi connectivity index (χ1v) is 5.54. The van der Waals surface area contributed by atoms with Crippen LogP contribution in [0.25, 0.3) is 0 Å². The Morgan fingerprint density at radius 1 is 1.68 bits per heavy atom. The minimum atomic E-state index is -0.658. The number of rotatable bonds is 5. The second-order valence-corrected chi connectivity index (χ2v) is 4.10. The van der Waals surface area contributed by atoms with Crippen LogP contribution in [0.4, 0.5) is 11.5 Å². The minimum absolute atomic E-state index is 0.0572. The van der Waals surface area contributed by atoms with Gasteiger partial charge in [-0.1, -0.05) is 0 Å². The first kappa shape index (κ1) is 14.8. The van der Waals surface area contributed by atoms with E-state index in [0.29, 0.717) is 6.61 Å². The molecule has 0 spiro atoms. The van der Waals surface area contributed by atoms with Crippen molar-refractivity contribution in [3.05, 3.63) is 27.9 Å². The number of anilines is 1. The first-order chi connectivity index (χ1) is 8.88. The fourth-order valence-electron chi connectivity index (χ4n) is 1.52. The lowest BCUT2D eigenvalue weighted by Crippen LogP contribution is -2.38. The summed E-state index contributed by atoms with van der Waals surface area (Å²) in [6, 6.07) is 0.989. The maximum atomic E-state index is 12.2. The SMILES string of the molecule is COCC(C)N(C)C(=O)c1cc(N)ncc1[N+](=O)[O-]. The third-order valence-corrected chi connectivity index (χ3v) is 2.72. The van der Waals surface area contributed by atoms with Crippen molar-refractivity contribution in [2.75, 3.05) is 26.5 Å². The van der Waals surface area contributed by atoms with Gasteiger partial charge in [0.05, 0.1) is 17.6 Å². The molecule has 19 heavy (non-hydrogen) atoms. The molecule has 104 valence electrons. The third-order valence-electron chi connectivity index (χ3n) is 2.72. The summed E-state index contributed by atoms with van der Waals surface area (Å²) in [4.78, 5) is 27.4. The summed E-state index contributed by atoms with van der Waals surface area (Å²) in [6.45, 7) is 2.11. The van der Waals surface area contributed by atoms with Crippen molar-refractivity contribution in [1.29, 1.82) is 0 Å². The first-order valence-electron chi connectivity index (χ1n) is 5.54. The van der Waals surface area contributed by atoms with Crippen LogP contribution in [0.15, 0.2) is 12.3 Å². The number of nitrogen functional groups attached to an aromatic ring is 1. The predicted molar refractivity (Wildman–Crippen MR) is 68.7 cm³/mol. The van der Waals surface area contributed by atoms with Gasteiger partial charge >= 0.3 is 0 Å². The summed E-state index contributed by atoms with van der Waals surface area (Å²) in [5.41, 5.74) is 5.03. The average Bonchev–Trinajstić information content (AvgIpc) is 2.36. The van der Waals surface area contributed by atoms with Gasteiger partial charge in [-0.05, 0) is 13.0 Å². The van der Waals surface area contributed by atoms with Gasteiger partial charge in [-0.2, -0.15) is 0 Å². The van der Waals surface area contributed by atoms with Gasteiger partial charge in [0.15, 0.2) is 0 Å². The van der Waals surface area contributed by atoms with Gasteiger partial charge in [-0.15, -0.1) is 0 Å². The molecule has 0 aliphatic carbocycles. The highest BCUT2D eigenvalue weighted by Gasteiger charge is 2.26. The molecule has 0 aliphatic rings. The number of hydrogen-bond donors (Lipinski definition) is 1. The molecule has 1 amide bonds. The summed E-state index contributed by atoms with van der Waals surface area (Å²) in [5.74, 6) is -0.438. The Balaban J connectivity index is 3.11. The zero-order valence-corrected chi connectivity index (χ0v) is 11.0. The predicted octanol–water partition coefficient (Wildman–Crippen LogP) is 0.679. The number of hydrogen-bond acceptors (Lipinski definition) is 6. The zero-order chi connectivity index (χ0) is 14.6. The summed E-state index contributed by atoms with van der Waals surface area (Å²) < 4.78 is 4.95. The maximum Gasteiger partial charge on any atom is 0.300 e.